The van der Waals surface area contributed by atoms with Gasteiger partial charge in [0.05, 0.1) is 24.1 Å². The molecule has 0 atom stereocenters. The zero-order valence-corrected chi connectivity index (χ0v) is 21.7. The second-order valence-electron chi connectivity index (χ2n) is 8.53. The van der Waals surface area contributed by atoms with Crippen molar-refractivity contribution in [2.75, 3.05) is 22.8 Å². The Morgan fingerprint density at radius 1 is 1.03 bits per heavy atom. The van der Waals surface area contributed by atoms with E-state index in [4.69, 9.17) is 4.74 Å². The third-order valence-electron chi connectivity index (χ3n) is 6.52. The summed E-state index contributed by atoms with van der Waals surface area (Å²) < 4.78 is 35.6. The number of carbonyl (C=O) groups is 1. The Morgan fingerprint density at radius 2 is 1.64 bits per heavy atom. The Balaban J connectivity index is 0.00000162. The van der Waals surface area contributed by atoms with E-state index in [0.717, 1.165) is 55.3 Å². The molecule has 0 radical (unpaired) electrons. The number of ether oxygens (including phenoxy) is 1. The molecule has 1 aliphatic heterocycles. The second kappa shape index (κ2) is 10.3. The van der Waals surface area contributed by atoms with Gasteiger partial charge in [-0.05, 0) is 73.6 Å². The monoisotopic (exact) mass is 481 g/mol. The van der Waals surface area contributed by atoms with E-state index in [1.807, 2.05) is 0 Å². The molecule has 0 saturated carbocycles. The first-order valence-corrected chi connectivity index (χ1v) is 12.6. The number of rotatable bonds is 5. The number of hydrogen-bond acceptors (Lipinski definition) is 6. The van der Waals surface area contributed by atoms with Crippen LogP contribution in [0, 0.1) is 0 Å². The first kappa shape index (κ1) is 24.4. The molecule has 5 rings (SSSR count). The van der Waals surface area contributed by atoms with Crippen molar-refractivity contribution in [2.45, 2.75) is 57.4 Å². The van der Waals surface area contributed by atoms with Crippen LogP contribution in [0.1, 0.15) is 49.4 Å². The van der Waals surface area contributed by atoms with Gasteiger partial charge in [-0.25, -0.2) is 23.8 Å². The van der Waals surface area contributed by atoms with Crippen LogP contribution in [-0.4, -0.2) is 43.7 Å². The van der Waals surface area contributed by atoms with Crippen molar-refractivity contribution in [1.82, 2.24) is 14.7 Å². The molecule has 2 aromatic rings. The summed E-state index contributed by atoms with van der Waals surface area (Å²) in [4.78, 5) is 20.9. The van der Waals surface area contributed by atoms with Crippen molar-refractivity contribution >= 4 is 27.6 Å². The normalized spacial score (nSPS) is 17.6. The van der Waals surface area contributed by atoms with Crippen molar-refractivity contribution in [3.63, 3.8) is 0 Å². The number of amides is 2. The van der Waals surface area contributed by atoms with Gasteiger partial charge in [-0.3, -0.25) is 0 Å². The number of aromatic nitrogens is 2. The number of fused-ring (bicyclic) bond motifs is 2. The fourth-order valence-corrected chi connectivity index (χ4v) is 6.50. The van der Waals surface area contributed by atoms with Crippen LogP contribution >= 0.6 is 0 Å². The maximum absolute atomic E-state index is 13.4. The summed E-state index contributed by atoms with van der Waals surface area (Å²) in [5, 5.41) is 2.90. The molecule has 2 heterocycles. The minimum atomic E-state index is -4.19. The average Bonchev–Trinajstić information content (AvgIpc) is 3.44. The number of urea groups is 1. The summed E-state index contributed by atoms with van der Waals surface area (Å²) in [5.41, 5.74) is 5.97. The van der Waals surface area contributed by atoms with Gasteiger partial charge in [0.2, 0.25) is 0 Å². The Labute approximate surface area is 217 Å². The van der Waals surface area contributed by atoms with Crippen LogP contribution in [0.2, 0.25) is 0 Å². The minimum Gasteiger partial charge on any atom is -1.00 e. The van der Waals surface area contributed by atoms with Crippen molar-refractivity contribution in [2.24, 2.45) is 0 Å². The van der Waals surface area contributed by atoms with Crippen LogP contribution in [0.25, 0.3) is 0 Å². The SMILES string of the molecule is O=C(Nc1c2c(cc3c1CCC3)CCC2)NS(=O)(=O)N(c1cncnc1)C1CCOCC1.[H-].[Na+]. The molecule has 2 amide bonds. The molecular formula is C22H28N5NaO4S. The van der Waals surface area contributed by atoms with Crippen molar-refractivity contribution < 1.29 is 48.9 Å². The van der Waals surface area contributed by atoms with Gasteiger partial charge in [-0.2, -0.15) is 8.42 Å². The van der Waals surface area contributed by atoms with Gasteiger partial charge in [0.15, 0.2) is 0 Å². The minimum absolute atomic E-state index is 0. The summed E-state index contributed by atoms with van der Waals surface area (Å²) in [7, 11) is -4.19. The summed E-state index contributed by atoms with van der Waals surface area (Å²) in [6, 6.07) is 1.19. The zero-order valence-electron chi connectivity index (χ0n) is 19.8. The summed E-state index contributed by atoms with van der Waals surface area (Å²) in [6.45, 7) is 0.914. The van der Waals surface area contributed by atoms with E-state index in [-0.39, 0.29) is 37.0 Å². The van der Waals surface area contributed by atoms with E-state index in [1.165, 1.54) is 34.2 Å². The number of benzene rings is 1. The Morgan fingerprint density at radius 3 is 2.24 bits per heavy atom. The zero-order chi connectivity index (χ0) is 22.1. The van der Waals surface area contributed by atoms with Crippen molar-refractivity contribution in [1.29, 1.82) is 0 Å². The fourth-order valence-electron chi connectivity index (χ4n) is 5.14. The molecule has 1 saturated heterocycles. The van der Waals surface area contributed by atoms with E-state index in [2.05, 4.69) is 26.1 Å². The van der Waals surface area contributed by atoms with Crippen LogP contribution in [0.5, 0.6) is 0 Å². The maximum atomic E-state index is 13.4. The molecule has 1 aromatic carbocycles. The molecule has 33 heavy (non-hydrogen) atoms. The molecule has 2 aliphatic carbocycles. The molecule has 11 heteroatoms. The molecule has 0 bridgehead atoms. The molecule has 1 aromatic heterocycles. The Kier molecular flexibility index (Phi) is 7.59. The molecule has 1 fully saturated rings. The number of hydrogen-bond donors (Lipinski definition) is 2. The summed E-state index contributed by atoms with van der Waals surface area (Å²) in [5.74, 6) is 0. The van der Waals surface area contributed by atoms with Crippen LogP contribution in [0.3, 0.4) is 0 Å². The van der Waals surface area contributed by atoms with Gasteiger partial charge in [0, 0.05) is 18.9 Å². The van der Waals surface area contributed by atoms with Crippen molar-refractivity contribution in [3.05, 3.63) is 47.0 Å². The Bertz CT molecular complexity index is 1100. The molecule has 0 unspecified atom stereocenters. The molecule has 3 aliphatic rings. The summed E-state index contributed by atoms with van der Waals surface area (Å²) in [6.07, 6.45) is 11.2. The van der Waals surface area contributed by atoms with E-state index in [0.29, 0.717) is 31.7 Å². The average molecular weight is 482 g/mol. The van der Waals surface area contributed by atoms with Gasteiger partial charge < -0.3 is 11.5 Å². The van der Waals surface area contributed by atoms with Gasteiger partial charge in [0.25, 0.3) is 0 Å². The first-order valence-electron chi connectivity index (χ1n) is 11.2. The number of aryl methyl sites for hydroxylation is 2. The van der Waals surface area contributed by atoms with Gasteiger partial charge >= 0.3 is 45.8 Å². The third kappa shape index (κ3) is 5.05. The quantitative estimate of drug-likeness (QED) is 0.563. The van der Waals surface area contributed by atoms with Gasteiger partial charge in [0.1, 0.15) is 6.33 Å². The Hall–Kier alpha value is -1.72. The summed E-state index contributed by atoms with van der Waals surface area (Å²) >= 11 is 0. The van der Waals surface area contributed by atoms with E-state index in [1.54, 1.807) is 0 Å². The van der Waals surface area contributed by atoms with E-state index >= 15 is 0 Å². The maximum Gasteiger partial charge on any atom is 1.00 e. The predicted octanol–water partition coefficient (Wildman–Crippen LogP) is -0.378. The number of nitrogens with zero attached hydrogens (tertiary/aromatic N) is 3. The van der Waals surface area contributed by atoms with Crippen LogP contribution in [0.15, 0.2) is 24.8 Å². The number of anilines is 2. The van der Waals surface area contributed by atoms with Crippen molar-refractivity contribution in [3.8, 4) is 0 Å². The fraction of sp³-hybridized carbons (Fsp3) is 0.500. The smallest absolute Gasteiger partial charge is 1.00 e. The molecule has 0 spiro atoms. The number of carbonyl (C=O) groups excluding carboxylic acids is 1. The first-order chi connectivity index (χ1) is 15.5. The van der Waals surface area contributed by atoms with Crippen LogP contribution in [0.4, 0.5) is 16.2 Å². The second-order valence-corrected chi connectivity index (χ2v) is 10.1. The topological polar surface area (TPSA) is 114 Å². The van der Waals surface area contributed by atoms with Crippen LogP contribution < -0.4 is 43.9 Å². The molecule has 172 valence electrons. The van der Waals surface area contributed by atoms with E-state index in [9.17, 15) is 13.2 Å². The predicted molar refractivity (Wildman–Crippen MR) is 121 cm³/mol. The molecular weight excluding hydrogens is 453 g/mol. The van der Waals surface area contributed by atoms with Gasteiger partial charge in [-0.1, -0.05) is 6.07 Å². The van der Waals surface area contributed by atoms with E-state index < -0.39 is 16.2 Å². The third-order valence-corrected chi connectivity index (χ3v) is 7.99. The molecule has 2 N–H and O–H groups in total. The molecule has 9 nitrogen and oxygen atoms in total. The van der Waals surface area contributed by atoms with Crippen LogP contribution in [-0.2, 0) is 40.6 Å². The largest absolute Gasteiger partial charge is 1.00 e. The number of nitrogens with one attached hydrogen (secondary N) is 2. The van der Waals surface area contributed by atoms with Gasteiger partial charge in [-0.15, -0.1) is 0 Å². The standard InChI is InChI=1S/C22H27N5O4S.Na.H/c28-22(25-21-19-5-1-3-15(19)11-16-4-2-6-20(16)21)26-32(29,30)27(17-7-9-31-10-8-17)18-12-23-14-24-13-18;;/h11-14,17H,1-10H2,(H2,25,26,28);;/q;+1;-1.